The van der Waals surface area contributed by atoms with E-state index in [9.17, 15) is 17.6 Å². The molecule has 0 saturated heterocycles. The molecule has 1 aromatic carbocycles. The molecule has 1 rings (SSSR count). The normalized spacial score (nSPS) is 14.7. The van der Waals surface area contributed by atoms with Crippen molar-refractivity contribution in [3.8, 4) is 0 Å². The van der Waals surface area contributed by atoms with Crippen molar-refractivity contribution in [2.45, 2.75) is 45.5 Å². The van der Waals surface area contributed by atoms with Crippen LogP contribution in [-0.4, -0.2) is 5.54 Å². The van der Waals surface area contributed by atoms with E-state index in [1.165, 1.54) is 0 Å². The van der Waals surface area contributed by atoms with Gasteiger partial charge in [0.05, 0.1) is 5.56 Å². The summed E-state index contributed by atoms with van der Waals surface area (Å²) in [6.07, 6.45) is -4.45. The van der Waals surface area contributed by atoms with Gasteiger partial charge in [0, 0.05) is 17.1 Å². The molecule has 1 aromatic rings. The Morgan fingerprint density at radius 1 is 1.11 bits per heavy atom. The highest BCUT2D eigenvalue weighted by molar-refractivity contribution is 5.29. The lowest BCUT2D eigenvalue weighted by Crippen LogP contribution is -2.38. The van der Waals surface area contributed by atoms with Crippen molar-refractivity contribution in [2.24, 2.45) is 0 Å². The van der Waals surface area contributed by atoms with Gasteiger partial charge in [0.25, 0.3) is 0 Å². The molecule has 5 heteroatoms. The van der Waals surface area contributed by atoms with Gasteiger partial charge in [0.2, 0.25) is 0 Å². The van der Waals surface area contributed by atoms with E-state index in [1.54, 1.807) is 6.92 Å². The summed E-state index contributed by atoms with van der Waals surface area (Å²) in [5.41, 5.74) is -1.11. The Bertz CT molecular complexity index is 418. The number of halogens is 4. The van der Waals surface area contributed by atoms with Crippen LogP contribution in [0.3, 0.4) is 0 Å². The predicted octanol–water partition coefficient (Wildman–Crippen LogP) is 4.29. The van der Waals surface area contributed by atoms with Gasteiger partial charge in [-0.25, -0.2) is 4.39 Å². The molecule has 1 nitrogen and oxygen atoms in total. The summed E-state index contributed by atoms with van der Waals surface area (Å²) in [5.74, 6) is -0.632. The molecule has 1 N–H and O–H groups in total. The second kappa shape index (κ2) is 4.88. The minimum absolute atomic E-state index is 0.0275. The average Bonchev–Trinajstić information content (AvgIpc) is 2.13. The van der Waals surface area contributed by atoms with E-state index in [1.807, 2.05) is 20.8 Å². The molecule has 1 unspecified atom stereocenters. The van der Waals surface area contributed by atoms with Crippen molar-refractivity contribution in [3.05, 3.63) is 35.1 Å². The summed E-state index contributed by atoms with van der Waals surface area (Å²) in [4.78, 5) is 0. The van der Waals surface area contributed by atoms with Gasteiger partial charge < -0.3 is 5.32 Å². The van der Waals surface area contributed by atoms with Crippen LogP contribution in [0.2, 0.25) is 0 Å². The molecule has 0 amide bonds. The lowest BCUT2D eigenvalue weighted by molar-refractivity contribution is -0.137. The van der Waals surface area contributed by atoms with Crippen LogP contribution in [0.5, 0.6) is 0 Å². The van der Waals surface area contributed by atoms with E-state index in [0.717, 1.165) is 18.2 Å². The summed E-state index contributed by atoms with van der Waals surface area (Å²) >= 11 is 0. The second-order valence-corrected chi connectivity index (χ2v) is 5.35. The van der Waals surface area contributed by atoms with Crippen LogP contribution in [0.1, 0.15) is 44.9 Å². The smallest absolute Gasteiger partial charge is 0.305 e. The standard InChI is InChI=1S/C13H17F4N/c1-8(18-12(2,3)4)10-7-9(13(15,16)17)5-6-11(10)14/h5-8,18H,1-4H3. The van der Waals surface area contributed by atoms with Crippen LogP contribution in [0.15, 0.2) is 18.2 Å². The maximum Gasteiger partial charge on any atom is 0.416 e. The van der Waals surface area contributed by atoms with E-state index >= 15 is 0 Å². The van der Waals surface area contributed by atoms with Crippen LogP contribution >= 0.6 is 0 Å². The van der Waals surface area contributed by atoms with Crippen LogP contribution in [0.4, 0.5) is 17.6 Å². The minimum Gasteiger partial charge on any atom is -0.305 e. The minimum atomic E-state index is -4.45. The Morgan fingerprint density at radius 2 is 1.67 bits per heavy atom. The van der Waals surface area contributed by atoms with Crippen LogP contribution in [-0.2, 0) is 6.18 Å². The first-order valence-electron chi connectivity index (χ1n) is 5.65. The van der Waals surface area contributed by atoms with Gasteiger partial charge in [-0.2, -0.15) is 13.2 Å². The first-order valence-corrected chi connectivity index (χ1v) is 5.65. The molecule has 0 radical (unpaired) electrons. The molecule has 18 heavy (non-hydrogen) atoms. The van der Waals surface area contributed by atoms with Gasteiger partial charge >= 0.3 is 6.18 Å². The quantitative estimate of drug-likeness (QED) is 0.785. The summed E-state index contributed by atoms with van der Waals surface area (Å²) in [6, 6.07) is 1.98. The molecule has 0 aliphatic carbocycles. The molecule has 0 bridgehead atoms. The van der Waals surface area contributed by atoms with Crippen molar-refractivity contribution in [3.63, 3.8) is 0 Å². The first kappa shape index (κ1) is 15.0. The summed E-state index contributed by atoms with van der Waals surface area (Å²) in [5, 5.41) is 3.05. The number of hydrogen-bond donors (Lipinski definition) is 1. The predicted molar refractivity (Wildman–Crippen MR) is 62.7 cm³/mol. The molecule has 0 fully saturated rings. The maximum atomic E-state index is 13.6. The summed E-state index contributed by atoms with van der Waals surface area (Å²) < 4.78 is 51.3. The molecule has 102 valence electrons. The number of benzene rings is 1. The van der Waals surface area contributed by atoms with Crippen molar-refractivity contribution in [2.75, 3.05) is 0 Å². The van der Waals surface area contributed by atoms with Gasteiger partial charge in [0.1, 0.15) is 5.82 Å². The summed E-state index contributed by atoms with van der Waals surface area (Å²) in [6.45, 7) is 7.25. The van der Waals surface area contributed by atoms with E-state index in [4.69, 9.17) is 0 Å². The Balaban J connectivity index is 3.08. The van der Waals surface area contributed by atoms with Gasteiger partial charge in [-0.1, -0.05) is 0 Å². The van der Waals surface area contributed by atoms with Gasteiger partial charge in [-0.15, -0.1) is 0 Å². The molecular formula is C13H17F4N. The Labute approximate surface area is 104 Å². The van der Waals surface area contributed by atoms with Crippen molar-refractivity contribution < 1.29 is 17.6 Å². The lowest BCUT2D eigenvalue weighted by atomic mass is 10.0. The maximum absolute atomic E-state index is 13.6. The Hall–Kier alpha value is -1.10. The Morgan fingerprint density at radius 3 is 2.11 bits per heavy atom. The zero-order valence-corrected chi connectivity index (χ0v) is 10.8. The number of alkyl halides is 3. The van der Waals surface area contributed by atoms with Gasteiger partial charge in [-0.05, 0) is 45.9 Å². The molecule has 0 heterocycles. The average molecular weight is 263 g/mol. The number of rotatable bonds is 2. The third-order valence-corrected chi connectivity index (χ3v) is 2.44. The van der Waals surface area contributed by atoms with Crippen molar-refractivity contribution in [1.29, 1.82) is 0 Å². The fraction of sp³-hybridized carbons (Fsp3) is 0.538. The monoisotopic (exact) mass is 263 g/mol. The Kier molecular flexibility index (Phi) is 4.05. The zero-order chi connectivity index (χ0) is 14.1. The third-order valence-electron chi connectivity index (χ3n) is 2.44. The van der Waals surface area contributed by atoms with Gasteiger partial charge in [-0.3, -0.25) is 0 Å². The highest BCUT2D eigenvalue weighted by Gasteiger charge is 2.31. The van der Waals surface area contributed by atoms with Crippen LogP contribution < -0.4 is 5.32 Å². The fourth-order valence-corrected chi connectivity index (χ4v) is 1.78. The van der Waals surface area contributed by atoms with E-state index < -0.39 is 23.6 Å². The van der Waals surface area contributed by atoms with E-state index in [2.05, 4.69) is 5.32 Å². The van der Waals surface area contributed by atoms with E-state index in [-0.39, 0.29) is 11.1 Å². The van der Waals surface area contributed by atoms with Crippen LogP contribution in [0, 0.1) is 5.82 Å². The van der Waals surface area contributed by atoms with E-state index in [0.29, 0.717) is 0 Å². The van der Waals surface area contributed by atoms with Crippen molar-refractivity contribution >= 4 is 0 Å². The van der Waals surface area contributed by atoms with Gasteiger partial charge in [0.15, 0.2) is 0 Å². The van der Waals surface area contributed by atoms with Crippen LogP contribution in [0.25, 0.3) is 0 Å². The number of nitrogens with one attached hydrogen (secondary N) is 1. The molecule has 0 aliphatic rings. The SMILES string of the molecule is CC(NC(C)(C)C)c1cc(C(F)(F)F)ccc1F. The third kappa shape index (κ3) is 3.98. The summed E-state index contributed by atoms with van der Waals surface area (Å²) in [7, 11) is 0. The molecule has 1 atom stereocenters. The molecular weight excluding hydrogens is 246 g/mol. The number of hydrogen-bond acceptors (Lipinski definition) is 1. The molecule has 0 aromatic heterocycles. The molecule has 0 spiro atoms. The highest BCUT2D eigenvalue weighted by Crippen LogP contribution is 2.32. The van der Waals surface area contributed by atoms with Crippen molar-refractivity contribution in [1.82, 2.24) is 5.32 Å². The molecule has 0 saturated carbocycles. The largest absolute Gasteiger partial charge is 0.416 e. The fourth-order valence-electron chi connectivity index (χ4n) is 1.78. The first-order chi connectivity index (χ1) is 8.00. The molecule has 0 aliphatic heterocycles. The lowest BCUT2D eigenvalue weighted by Gasteiger charge is -2.27. The zero-order valence-electron chi connectivity index (χ0n) is 10.8. The highest BCUT2D eigenvalue weighted by atomic mass is 19.4. The topological polar surface area (TPSA) is 12.0 Å². The second-order valence-electron chi connectivity index (χ2n) is 5.35.